The van der Waals surface area contributed by atoms with E-state index in [1.807, 2.05) is 25.2 Å². The van der Waals surface area contributed by atoms with Gasteiger partial charge in [0, 0.05) is 31.5 Å². The first-order valence-electron chi connectivity index (χ1n) is 9.07. The summed E-state index contributed by atoms with van der Waals surface area (Å²) in [4.78, 5) is 26.3. The van der Waals surface area contributed by atoms with Crippen molar-refractivity contribution in [2.24, 2.45) is 5.92 Å². The van der Waals surface area contributed by atoms with Gasteiger partial charge in [-0.1, -0.05) is 30.3 Å². The third-order valence-corrected chi connectivity index (χ3v) is 4.89. The van der Waals surface area contributed by atoms with Crippen LogP contribution in [0.3, 0.4) is 0 Å². The molecule has 2 aromatic carbocycles. The summed E-state index contributed by atoms with van der Waals surface area (Å²) in [6, 6.07) is 17.7. The van der Waals surface area contributed by atoms with E-state index in [0.717, 1.165) is 24.9 Å². The van der Waals surface area contributed by atoms with E-state index in [9.17, 15) is 9.59 Å². The van der Waals surface area contributed by atoms with E-state index in [-0.39, 0.29) is 0 Å². The van der Waals surface area contributed by atoms with Gasteiger partial charge in [0.2, 0.25) is 0 Å². The smallest absolute Gasteiger partial charge is 0.313 e. The summed E-state index contributed by atoms with van der Waals surface area (Å²) in [5.74, 6) is -0.442. The summed E-state index contributed by atoms with van der Waals surface area (Å²) in [6.07, 6.45) is 2.91. The molecule has 136 valence electrons. The van der Waals surface area contributed by atoms with E-state index in [1.165, 1.54) is 5.56 Å². The Hall–Kier alpha value is -2.82. The average Bonchev–Trinajstić information content (AvgIpc) is 2.69. The highest BCUT2D eigenvalue weighted by Crippen LogP contribution is 2.22. The minimum absolute atomic E-state index is 0.444. The van der Waals surface area contributed by atoms with Gasteiger partial charge in [-0.25, -0.2) is 0 Å². The van der Waals surface area contributed by atoms with Crippen LogP contribution in [0.4, 0.5) is 11.4 Å². The second-order valence-electron chi connectivity index (χ2n) is 6.71. The lowest BCUT2D eigenvalue weighted by Gasteiger charge is -2.31. The highest BCUT2D eigenvalue weighted by atomic mass is 16.2. The van der Waals surface area contributed by atoms with Gasteiger partial charge >= 0.3 is 11.8 Å². The van der Waals surface area contributed by atoms with Crippen molar-refractivity contribution in [3.8, 4) is 0 Å². The molecule has 0 unspecified atom stereocenters. The van der Waals surface area contributed by atoms with E-state index in [0.29, 0.717) is 24.7 Å². The Morgan fingerprint density at radius 1 is 0.962 bits per heavy atom. The predicted molar refractivity (Wildman–Crippen MR) is 104 cm³/mol. The molecular weight excluding hydrogens is 326 g/mol. The maximum Gasteiger partial charge on any atom is 0.313 e. The van der Waals surface area contributed by atoms with Crippen molar-refractivity contribution in [2.45, 2.75) is 19.3 Å². The molecule has 2 amide bonds. The lowest BCUT2D eigenvalue weighted by atomic mass is 9.90. The van der Waals surface area contributed by atoms with Crippen LogP contribution < -0.4 is 10.6 Å². The summed E-state index contributed by atoms with van der Waals surface area (Å²) in [5.41, 5.74) is 2.91. The van der Waals surface area contributed by atoms with Crippen LogP contribution in [0.25, 0.3) is 0 Å². The first-order chi connectivity index (χ1) is 12.7. The predicted octanol–water partition coefficient (Wildman–Crippen LogP) is 3.15. The van der Waals surface area contributed by atoms with Gasteiger partial charge in [0.05, 0.1) is 0 Å². The standard InChI is InChI=1S/C21H25N3O2/c1-22-18-7-9-19(10-8-18)23-20(25)21(26)24-13-11-17(12-14-24)15-16-5-3-2-4-6-16/h2-10,17,22H,11-15H2,1H3,(H,23,25). The first kappa shape index (κ1) is 18.0. The van der Waals surface area contributed by atoms with Gasteiger partial charge in [-0.05, 0) is 55.0 Å². The van der Waals surface area contributed by atoms with Gasteiger partial charge in [-0.15, -0.1) is 0 Å². The third-order valence-electron chi connectivity index (χ3n) is 4.89. The molecule has 0 aromatic heterocycles. The second kappa shape index (κ2) is 8.52. The van der Waals surface area contributed by atoms with Crippen molar-refractivity contribution in [1.82, 2.24) is 4.90 Å². The quantitative estimate of drug-likeness (QED) is 0.832. The number of anilines is 2. The fourth-order valence-electron chi connectivity index (χ4n) is 3.34. The monoisotopic (exact) mass is 351 g/mol. The summed E-state index contributed by atoms with van der Waals surface area (Å²) < 4.78 is 0. The maximum atomic E-state index is 12.4. The van der Waals surface area contributed by atoms with Crippen molar-refractivity contribution in [3.63, 3.8) is 0 Å². The number of rotatable bonds is 4. The number of nitrogens with one attached hydrogen (secondary N) is 2. The van der Waals surface area contributed by atoms with E-state index in [4.69, 9.17) is 0 Å². The number of nitrogens with zero attached hydrogens (tertiary/aromatic N) is 1. The molecule has 0 radical (unpaired) electrons. The number of hydrogen-bond acceptors (Lipinski definition) is 3. The molecule has 2 aromatic rings. The Balaban J connectivity index is 1.48. The first-order valence-corrected chi connectivity index (χ1v) is 9.07. The van der Waals surface area contributed by atoms with Gasteiger partial charge < -0.3 is 15.5 Å². The number of piperidine rings is 1. The fourth-order valence-corrected chi connectivity index (χ4v) is 3.34. The maximum absolute atomic E-state index is 12.4. The van der Waals surface area contributed by atoms with Crippen LogP contribution in [0, 0.1) is 5.92 Å². The molecule has 1 heterocycles. The molecule has 0 spiro atoms. The molecule has 1 fully saturated rings. The Morgan fingerprint density at radius 3 is 2.19 bits per heavy atom. The molecule has 1 aliphatic rings. The molecular formula is C21H25N3O2. The SMILES string of the molecule is CNc1ccc(NC(=O)C(=O)N2CCC(Cc3ccccc3)CC2)cc1. The molecule has 2 N–H and O–H groups in total. The molecule has 0 aliphatic carbocycles. The van der Waals surface area contributed by atoms with Gasteiger partial charge in [0.15, 0.2) is 0 Å². The van der Waals surface area contributed by atoms with Gasteiger partial charge in [-0.2, -0.15) is 0 Å². The number of likely N-dealkylation sites (tertiary alicyclic amines) is 1. The van der Waals surface area contributed by atoms with E-state index < -0.39 is 11.8 Å². The molecule has 3 rings (SSSR count). The highest BCUT2D eigenvalue weighted by molar-refractivity contribution is 6.39. The molecule has 1 aliphatic heterocycles. The van der Waals surface area contributed by atoms with E-state index in [1.54, 1.807) is 17.0 Å². The molecule has 1 saturated heterocycles. The van der Waals surface area contributed by atoms with E-state index >= 15 is 0 Å². The highest BCUT2D eigenvalue weighted by Gasteiger charge is 2.27. The minimum Gasteiger partial charge on any atom is -0.388 e. The van der Waals surface area contributed by atoms with Crippen LogP contribution in [0.2, 0.25) is 0 Å². The molecule has 5 heteroatoms. The van der Waals surface area contributed by atoms with Gasteiger partial charge in [0.25, 0.3) is 0 Å². The zero-order valence-electron chi connectivity index (χ0n) is 15.1. The second-order valence-corrected chi connectivity index (χ2v) is 6.71. The Bertz CT molecular complexity index is 736. The number of amides is 2. The number of carbonyl (C=O) groups excluding carboxylic acids is 2. The van der Waals surface area contributed by atoms with Crippen molar-refractivity contribution < 1.29 is 9.59 Å². The van der Waals surface area contributed by atoms with Crippen LogP contribution in [-0.4, -0.2) is 36.9 Å². The number of benzene rings is 2. The Kier molecular flexibility index (Phi) is 5.89. The van der Waals surface area contributed by atoms with Crippen molar-refractivity contribution in [2.75, 3.05) is 30.8 Å². The number of carbonyl (C=O) groups is 2. The topological polar surface area (TPSA) is 61.4 Å². The summed E-state index contributed by atoms with van der Waals surface area (Å²) in [6.45, 7) is 1.28. The van der Waals surface area contributed by atoms with Crippen LogP contribution in [0.15, 0.2) is 54.6 Å². The summed E-state index contributed by atoms with van der Waals surface area (Å²) in [5, 5.41) is 5.70. The Labute approximate surface area is 154 Å². The van der Waals surface area contributed by atoms with E-state index in [2.05, 4.69) is 34.9 Å². The molecule has 0 saturated carbocycles. The number of hydrogen-bond donors (Lipinski definition) is 2. The molecule has 26 heavy (non-hydrogen) atoms. The fraction of sp³-hybridized carbons (Fsp3) is 0.333. The lowest BCUT2D eigenvalue weighted by molar-refractivity contribution is -0.144. The minimum atomic E-state index is -0.566. The van der Waals surface area contributed by atoms with Gasteiger partial charge in [0.1, 0.15) is 0 Å². The van der Waals surface area contributed by atoms with Crippen molar-refractivity contribution >= 4 is 23.2 Å². The van der Waals surface area contributed by atoms with Gasteiger partial charge in [-0.3, -0.25) is 9.59 Å². The van der Waals surface area contributed by atoms with Crippen LogP contribution >= 0.6 is 0 Å². The normalized spacial score (nSPS) is 14.7. The third kappa shape index (κ3) is 4.63. The molecule has 5 nitrogen and oxygen atoms in total. The Morgan fingerprint density at radius 2 is 1.58 bits per heavy atom. The van der Waals surface area contributed by atoms with Crippen LogP contribution in [0.5, 0.6) is 0 Å². The lowest BCUT2D eigenvalue weighted by Crippen LogP contribution is -2.44. The zero-order chi connectivity index (χ0) is 18.4. The molecule has 0 atom stereocenters. The van der Waals surface area contributed by atoms with Crippen molar-refractivity contribution in [1.29, 1.82) is 0 Å². The summed E-state index contributed by atoms with van der Waals surface area (Å²) >= 11 is 0. The largest absolute Gasteiger partial charge is 0.388 e. The zero-order valence-corrected chi connectivity index (χ0v) is 15.1. The van der Waals surface area contributed by atoms with Crippen LogP contribution in [-0.2, 0) is 16.0 Å². The van der Waals surface area contributed by atoms with Crippen LogP contribution in [0.1, 0.15) is 18.4 Å². The average molecular weight is 351 g/mol. The molecule has 0 bridgehead atoms. The van der Waals surface area contributed by atoms with Crippen molar-refractivity contribution in [3.05, 3.63) is 60.2 Å². The summed E-state index contributed by atoms with van der Waals surface area (Å²) in [7, 11) is 1.83.